The number of benzene rings is 4. The Hall–Kier alpha value is -6.28. The highest BCUT2D eigenvalue weighted by molar-refractivity contribution is 6.13. The minimum absolute atomic E-state index is 0.313. The highest BCUT2D eigenvalue weighted by Gasteiger charge is 2.30. The van der Waals surface area contributed by atoms with E-state index in [2.05, 4.69) is 154 Å². The molecule has 0 saturated carbocycles. The molecule has 2 aliphatic heterocycles. The molecule has 8 aromatic rings. The van der Waals surface area contributed by atoms with Crippen LogP contribution in [0.2, 0.25) is 0 Å². The third kappa shape index (κ3) is 4.89. The van der Waals surface area contributed by atoms with Crippen LogP contribution < -0.4 is 0 Å². The first kappa shape index (κ1) is 30.5. The van der Waals surface area contributed by atoms with E-state index in [1.807, 2.05) is 24.8 Å². The molecule has 0 saturated heterocycles. The van der Waals surface area contributed by atoms with Gasteiger partial charge in [0.25, 0.3) is 0 Å². The van der Waals surface area contributed by atoms with E-state index in [1.165, 1.54) is 21.5 Å². The predicted molar refractivity (Wildman–Crippen MR) is 209 cm³/mol. The van der Waals surface area contributed by atoms with Crippen molar-refractivity contribution in [3.63, 3.8) is 0 Å². The minimum atomic E-state index is -0.313. The van der Waals surface area contributed by atoms with Crippen LogP contribution in [0.5, 0.6) is 0 Å². The maximum absolute atomic E-state index is 6.15. The zero-order chi connectivity index (χ0) is 35.2. The Balaban J connectivity index is 1.09. The smallest absolute Gasteiger partial charge is 0.218 e. The summed E-state index contributed by atoms with van der Waals surface area (Å²) in [6.45, 7) is 9.49. The Bertz CT molecular complexity index is 2630. The molecule has 8 heteroatoms. The van der Waals surface area contributed by atoms with E-state index < -0.39 is 0 Å². The van der Waals surface area contributed by atoms with Crippen molar-refractivity contribution in [1.82, 2.24) is 19.1 Å². The van der Waals surface area contributed by atoms with Gasteiger partial charge >= 0.3 is 0 Å². The van der Waals surface area contributed by atoms with E-state index in [4.69, 9.17) is 9.47 Å². The lowest BCUT2D eigenvalue weighted by molar-refractivity contribution is 0.131. The van der Waals surface area contributed by atoms with Crippen molar-refractivity contribution < 1.29 is 9.47 Å². The van der Waals surface area contributed by atoms with Gasteiger partial charge in [-0.3, -0.25) is 9.97 Å². The van der Waals surface area contributed by atoms with Gasteiger partial charge in [-0.2, -0.15) is 0 Å². The van der Waals surface area contributed by atoms with Gasteiger partial charge in [-0.1, -0.05) is 48.5 Å². The topological polar surface area (TPSA) is 78.8 Å². The van der Waals surface area contributed by atoms with Crippen LogP contribution in [0.1, 0.15) is 38.8 Å². The van der Waals surface area contributed by atoms with Gasteiger partial charge in [0.2, 0.25) is 11.8 Å². The van der Waals surface area contributed by atoms with E-state index in [9.17, 15) is 0 Å². The molecule has 4 aromatic heterocycles. The largest absolute Gasteiger partial charge is 0.469 e. The average Bonchev–Trinajstić information content (AvgIpc) is 3.91. The second kappa shape index (κ2) is 11.1. The summed E-state index contributed by atoms with van der Waals surface area (Å²) in [6, 6.07) is 34.9. The van der Waals surface area contributed by atoms with E-state index in [1.54, 1.807) is 0 Å². The zero-order valence-electron chi connectivity index (χ0n) is 29.5. The number of hydrogen-bond acceptors (Lipinski definition) is 6. The van der Waals surface area contributed by atoms with Gasteiger partial charge in [-0.25, -0.2) is 9.98 Å². The van der Waals surface area contributed by atoms with Crippen LogP contribution in [0.4, 0.5) is 0 Å². The molecule has 0 N–H and O–H groups in total. The number of fused-ring (bicyclic) bond motifs is 6. The molecule has 0 spiro atoms. The maximum atomic E-state index is 6.15. The van der Waals surface area contributed by atoms with Gasteiger partial charge in [-0.15, -0.1) is 0 Å². The lowest BCUT2D eigenvalue weighted by Gasteiger charge is -2.17. The van der Waals surface area contributed by atoms with Crippen molar-refractivity contribution in [2.24, 2.45) is 9.98 Å². The maximum Gasteiger partial charge on any atom is 0.218 e. The average molecular weight is 681 g/mol. The summed E-state index contributed by atoms with van der Waals surface area (Å²) in [5.41, 5.74) is 9.84. The molecule has 6 heterocycles. The highest BCUT2D eigenvalue weighted by Crippen LogP contribution is 2.38. The molecule has 0 amide bonds. The van der Waals surface area contributed by atoms with E-state index in [-0.39, 0.29) is 11.2 Å². The van der Waals surface area contributed by atoms with Crippen molar-refractivity contribution in [3.8, 4) is 22.5 Å². The van der Waals surface area contributed by atoms with Crippen LogP contribution in [-0.4, -0.2) is 55.2 Å². The lowest BCUT2D eigenvalue weighted by Crippen LogP contribution is -2.24. The first-order valence-corrected chi connectivity index (χ1v) is 17.7. The van der Waals surface area contributed by atoms with Gasteiger partial charge in [0, 0.05) is 33.9 Å². The van der Waals surface area contributed by atoms with Crippen molar-refractivity contribution in [1.29, 1.82) is 0 Å². The van der Waals surface area contributed by atoms with E-state index in [0.717, 1.165) is 55.7 Å². The fourth-order valence-corrected chi connectivity index (χ4v) is 7.67. The number of nitrogens with zero attached hydrogens (tertiary/aromatic N) is 6. The summed E-state index contributed by atoms with van der Waals surface area (Å²) in [5.74, 6) is 1.29. The fourth-order valence-electron chi connectivity index (χ4n) is 7.67. The second-order valence-electron chi connectivity index (χ2n) is 15.0. The highest BCUT2D eigenvalue weighted by atomic mass is 16.5. The SMILES string of the molecule is CC1(C)CN=C(c2cncc(-n3c4ccccc4c4cc(-c5ccc6c(c5)c5ccccc5n6-c5cncc(C6=NCC(C)(C)O6)c5)ccc43)c2)O1. The lowest BCUT2D eigenvalue weighted by atomic mass is 10.0. The molecule has 4 aromatic carbocycles. The standard InChI is InChI=1S/C44H36N6O2/c1-43(2)25-47-41(51-43)29-17-31(23-45-21-29)49-37-11-7-5-9-33(37)35-19-27(13-15-39(35)49)28-14-16-40-36(20-28)34-10-6-8-12-38(34)50(40)32-18-30(22-46-24-32)42-48-26-44(3,4)52-42/h5-24H,25-26H2,1-4H3. The third-order valence-corrected chi connectivity index (χ3v) is 10.1. The van der Waals surface area contributed by atoms with E-state index in [0.29, 0.717) is 24.9 Å². The van der Waals surface area contributed by atoms with E-state index >= 15 is 0 Å². The number of aromatic nitrogens is 4. The van der Waals surface area contributed by atoms with Crippen LogP contribution in [-0.2, 0) is 9.47 Å². The Kier molecular flexibility index (Phi) is 6.52. The summed E-state index contributed by atoms with van der Waals surface area (Å²) in [6.07, 6.45) is 7.48. The van der Waals surface area contributed by atoms with Crippen LogP contribution in [0.25, 0.3) is 66.1 Å². The Morgan fingerprint density at radius 3 is 1.31 bits per heavy atom. The van der Waals surface area contributed by atoms with Gasteiger partial charge in [0.05, 0.1) is 70.1 Å². The van der Waals surface area contributed by atoms with Gasteiger partial charge in [-0.05, 0) is 87.4 Å². The number of para-hydroxylation sites is 2. The van der Waals surface area contributed by atoms with Crippen molar-refractivity contribution in [2.45, 2.75) is 38.9 Å². The molecule has 0 radical (unpaired) electrons. The molecular formula is C44H36N6O2. The van der Waals surface area contributed by atoms with Gasteiger partial charge in [0.15, 0.2) is 0 Å². The van der Waals surface area contributed by atoms with Gasteiger partial charge in [0.1, 0.15) is 11.2 Å². The molecule has 0 atom stereocenters. The summed E-state index contributed by atoms with van der Waals surface area (Å²) in [7, 11) is 0. The third-order valence-electron chi connectivity index (χ3n) is 10.1. The Labute approximate surface area is 300 Å². The molecule has 0 unspecified atom stereocenters. The van der Waals surface area contributed by atoms with Crippen molar-refractivity contribution in [2.75, 3.05) is 13.1 Å². The second-order valence-corrected chi connectivity index (χ2v) is 15.0. The summed E-state index contributed by atoms with van der Waals surface area (Å²) >= 11 is 0. The van der Waals surface area contributed by atoms with Crippen molar-refractivity contribution in [3.05, 3.63) is 133 Å². The quantitative estimate of drug-likeness (QED) is 0.181. The van der Waals surface area contributed by atoms with Crippen LogP contribution >= 0.6 is 0 Å². The molecule has 0 aliphatic carbocycles. The molecule has 254 valence electrons. The Morgan fingerprint density at radius 2 is 0.885 bits per heavy atom. The monoisotopic (exact) mass is 680 g/mol. The van der Waals surface area contributed by atoms with Crippen LogP contribution in [0.3, 0.4) is 0 Å². The number of ether oxygens (including phenoxy) is 2. The number of rotatable bonds is 5. The van der Waals surface area contributed by atoms with Gasteiger partial charge < -0.3 is 18.6 Å². The zero-order valence-corrected chi connectivity index (χ0v) is 29.5. The number of pyridine rings is 2. The molecule has 52 heavy (non-hydrogen) atoms. The van der Waals surface area contributed by atoms with Crippen molar-refractivity contribution >= 4 is 55.4 Å². The van der Waals surface area contributed by atoms with Crippen LogP contribution in [0, 0.1) is 0 Å². The first-order valence-electron chi connectivity index (χ1n) is 17.7. The van der Waals surface area contributed by atoms with Crippen LogP contribution in [0.15, 0.2) is 132 Å². The minimum Gasteiger partial charge on any atom is -0.469 e. The summed E-state index contributed by atoms with van der Waals surface area (Å²) in [4.78, 5) is 18.6. The molecule has 8 nitrogen and oxygen atoms in total. The molecule has 10 rings (SSSR count). The Morgan fingerprint density at radius 1 is 0.462 bits per heavy atom. The molecule has 0 bridgehead atoms. The normalized spacial score (nSPS) is 16.4. The molecular weight excluding hydrogens is 645 g/mol. The number of hydrogen-bond donors (Lipinski definition) is 0. The molecule has 2 aliphatic rings. The predicted octanol–water partition coefficient (Wildman–Crippen LogP) is 9.45. The number of aliphatic imine (C=N–C) groups is 2. The molecule has 0 fully saturated rings. The first-order chi connectivity index (χ1) is 25.2. The summed E-state index contributed by atoms with van der Waals surface area (Å²) in [5, 5.41) is 4.73. The fraction of sp³-hybridized carbons (Fsp3) is 0.182. The summed E-state index contributed by atoms with van der Waals surface area (Å²) < 4.78 is 16.9.